The second-order valence-corrected chi connectivity index (χ2v) is 4.40. The molecule has 2 N–H and O–H groups in total. The first kappa shape index (κ1) is 13.8. The van der Waals surface area contributed by atoms with E-state index in [1.54, 1.807) is 11.0 Å². The Morgan fingerprint density at radius 3 is 2.59 bits per heavy atom. The quantitative estimate of drug-likeness (QED) is 0.772. The van der Waals surface area contributed by atoms with Crippen LogP contribution >= 0.6 is 0 Å². The van der Waals surface area contributed by atoms with Crippen LogP contribution < -0.4 is 5.73 Å². The van der Waals surface area contributed by atoms with Gasteiger partial charge in [-0.3, -0.25) is 4.79 Å². The van der Waals surface area contributed by atoms with Gasteiger partial charge in [0.2, 0.25) is 0 Å². The lowest BCUT2D eigenvalue weighted by atomic mass is 10.2. The summed E-state index contributed by atoms with van der Waals surface area (Å²) in [4.78, 5) is 13.8. The van der Waals surface area contributed by atoms with Crippen molar-refractivity contribution >= 4 is 5.91 Å². The molecular formula is C13H22N2O2. The third-order valence-electron chi connectivity index (χ3n) is 2.82. The number of aryl methyl sites for hydroxylation is 2. The molecule has 0 aliphatic carbocycles. The van der Waals surface area contributed by atoms with Gasteiger partial charge in [-0.1, -0.05) is 6.42 Å². The number of nitrogens with two attached hydrogens (primary N) is 1. The molecule has 17 heavy (non-hydrogen) atoms. The maximum Gasteiger partial charge on any atom is 0.257 e. The molecule has 1 heterocycles. The average Bonchev–Trinajstić information content (AvgIpc) is 2.62. The molecule has 4 nitrogen and oxygen atoms in total. The normalized spacial score (nSPS) is 10.6. The predicted molar refractivity (Wildman–Crippen MR) is 68.0 cm³/mol. The summed E-state index contributed by atoms with van der Waals surface area (Å²) in [6.07, 6.45) is 3.08. The average molecular weight is 238 g/mol. The van der Waals surface area contributed by atoms with Gasteiger partial charge in [0.25, 0.3) is 5.91 Å². The lowest BCUT2D eigenvalue weighted by Gasteiger charge is -2.16. The molecule has 0 aromatic carbocycles. The fourth-order valence-electron chi connectivity index (χ4n) is 1.82. The molecular weight excluding hydrogens is 216 g/mol. The van der Waals surface area contributed by atoms with E-state index in [2.05, 4.69) is 0 Å². The van der Waals surface area contributed by atoms with E-state index in [9.17, 15) is 4.79 Å². The monoisotopic (exact) mass is 238 g/mol. The van der Waals surface area contributed by atoms with Crippen LogP contribution in [0.5, 0.6) is 0 Å². The number of nitrogens with zero attached hydrogens (tertiary/aromatic N) is 1. The van der Waals surface area contributed by atoms with Crippen LogP contribution in [0.25, 0.3) is 0 Å². The highest BCUT2D eigenvalue weighted by Crippen LogP contribution is 2.15. The molecule has 0 aliphatic rings. The zero-order chi connectivity index (χ0) is 12.8. The molecule has 0 saturated heterocycles. The first-order valence-electron chi connectivity index (χ1n) is 6.09. The minimum Gasteiger partial charge on any atom is -0.466 e. The SMILES string of the molecule is Cc1cc(C(=O)N(C)CCCCCN)c(C)o1. The summed E-state index contributed by atoms with van der Waals surface area (Å²) >= 11 is 0. The third kappa shape index (κ3) is 3.89. The highest BCUT2D eigenvalue weighted by atomic mass is 16.3. The number of carbonyl (C=O) groups excluding carboxylic acids is 1. The van der Waals surface area contributed by atoms with Crippen molar-refractivity contribution in [3.05, 3.63) is 23.2 Å². The summed E-state index contributed by atoms with van der Waals surface area (Å²) < 4.78 is 5.36. The van der Waals surface area contributed by atoms with Gasteiger partial charge >= 0.3 is 0 Å². The molecule has 0 fully saturated rings. The Balaban J connectivity index is 2.49. The van der Waals surface area contributed by atoms with Gasteiger partial charge < -0.3 is 15.1 Å². The van der Waals surface area contributed by atoms with Gasteiger partial charge in [0, 0.05) is 13.6 Å². The first-order valence-corrected chi connectivity index (χ1v) is 6.09. The first-order chi connectivity index (χ1) is 8.06. The highest BCUT2D eigenvalue weighted by molar-refractivity contribution is 5.95. The fourth-order valence-corrected chi connectivity index (χ4v) is 1.82. The molecule has 1 rings (SSSR count). The zero-order valence-electron chi connectivity index (χ0n) is 11.0. The molecule has 0 unspecified atom stereocenters. The molecule has 4 heteroatoms. The molecule has 0 atom stereocenters. The smallest absolute Gasteiger partial charge is 0.257 e. The van der Waals surface area contributed by atoms with Crippen LogP contribution in [0.1, 0.15) is 41.1 Å². The van der Waals surface area contributed by atoms with Crippen molar-refractivity contribution in [3.63, 3.8) is 0 Å². The maximum atomic E-state index is 12.1. The second kappa shape index (κ2) is 6.45. The van der Waals surface area contributed by atoms with Crippen molar-refractivity contribution in [2.45, 2.75) is 33.1 Å². The Morgan fingerprint density at radius 1 is 1.35 bits per heavy atom. The van der Waals surface area contributed by atoms with Gasteiger partial charge in [0.05, 0.1) is 5.56 Å². The second-order valence-electron chi connectivity index (χ2n) is 4.40. The highest BCUT2D eigenvalue weighted by Gasteiger charge is 2.16. The van der Waals surface area contributed by atoms with E-state index in [0.29, 0.717) is 11.3 Å². The summed E-state index contributed by atoms with van der Waals surface area (Å²) in [7, 11) is 1.83. The van der Waals surface area contributed by atoms with Gasteiger partial charge in [-0.15, -0.1) is 0 Å². The molecule has 0 radical (unpaired) electrons. The van der Waals surface area contributed by atoms with Crippen LogP contribution in [0.3, 0.4) is 0 Å². The Labute approximate surface area is 103 Å². The molecule has 0 bridgehead atoms. The van der Waals surface area contributed by atoms with Gasteiger partial charge in [-0.2, -0.15) is 0 Å². The van der Waals surface area contributed by atoms with Gasteiger partial charge in [0.15, 0.2) is 0 Å². The Bertz CT molecular complexity index is 371. The van der Waals surface area contributed by atoms with Crippen molar-refractivity contribution in [2.24, 2.45) is 5.73 Å². The van der Waals surface area contributed by atoms with Crippen LogP contribution in [0.15, 0.2) is 10.5 Å². The number of carbonyl (C=O) groups is 1. The number of hydrogen-bond acceptors (Lipinski definition) is 3. The number of furan rings is 1. The van der Waals surface area contributed by atoms with Crippen LogP contribution in [0.2, 0.25) is 0 Å². The van der Waals surface area contributed by atoms with Crippen molar-refractivity contribution in [2.75, 3.05) is 20.1 Å². The Morgan fingerprint density at radius 2 is 2.06 bits per heavy atom. The zero-order valence-corrected chi connectivity index (χ0v) is 11.0. The fraction of sp³-hybridized carbons (Fsp3) is 0.615. The van der Waals surface area contributed by atoms with E-state index in [-0.39, 0.29) is 5.91 Å². The molecule has 1 aromatic heterocycles. The van der Waals surface area contributed by atoms with Crippen molar-refractivity contribution in [3.8, 4) is 0 Å². The van der Waals surface area contributed by atoms with E-state index in [1.807, 2.05) is 20.9 Å². The number of amides is 1. The molecule has 1 amide bonds. The number of hydrogen-bond donors (Lipinski definition) is 1. The topological polar surface area (TPSA) is 59.5 Å². The van der Waals surface area contributed by atoms with Crippen LogP contribution in [0, 0.1) is 13.8 Å². The third-order valence-corrected chi connectivity index (χ3v) is 2.82. The van der Waals surface area contributed by atoms with E-state index >= 15 is 0 Å². The summed E-state index contributed by atoms with van der Waals surface area (Å²) in [5.74, 6) is 1.51. The van der Waals surface area contributed by atoms with Crippen molar-refractivity contribution < 1.29 is 9.21 Å². The van der Waals surface area contributed by atoms with Crippen LogP contribution in [-0.2, 0) is 0 Å². The van der Waals surface area contributed by atoms with Crippen molar-refractivity contribution in [1.82, 2.24) is 4.90 Å². The standard InChI is InChI=1S/C13H22N2O2/c1-10-9-12(11(2)17-10)13(16)15(3)8-6-4-5-7-14/h9H,4-8,14H2,1-3H3. The summed E-state index contributed by atoms with van der Waals surface area (Å²) in [6.45, 7) is 5.16. The van der Waals surface area contributed by atoms with Crippen LogP contribution in [-0.4, -0.2) is 30.9 Å². The molecule has 1 aromatic rings. The van der Waals surface area contributed by atoms with Gasteiger partial charge in [-0.05, 0) is 39.3 Å². The van der Waals surface area contributed by atoms with Gasteiger partial charge in [-0.25, -0.2) is 0 Å². The van der Waals surface area contributed by atoms with E-state index < -0.39 is 0 Å². The number of unbranched alkanes of at least 4 members (excludes halogenated alkanes) is 2. The van der Waals surface area contributed by atoms with Gasteiger partial charge in [0.1, 0.15) is 11.5 Å². The van der Waals surface area contributed by atoms with E-state index in [4.69, 9.17) is 10.2 Å². The summed E-state index contributed by atoms with van der Waals surface area (Å²) in [5.41, 5.74) is 6.10. The maximum absolute atomic E-state index is 12.1. The lowest BCUT2D eigenvalue weighted by molar-refractivity contribution is 0.0791. The largest absolute Gasteiger partial charge is 0.466 e. The van der Waals surface area contributed by atoms with Crippen LogP contribution in [0.4, 0.5) is 0 Å². The van der Waals surface area contributed by atoms with E-state index in [0.717, 1.165) is 38.1 Å². The Hall–Kier alpha value is -1.29. The lowest BCUT2D eigenvalue weighted by Crippen LogP contribution is -2.28. The molecule has 0 spiro atoms. The molecule has 0 saturated carbocycles. The minimum absolute atomic E-state index is 0.0344. The van der Waals surface area contributed by atoms with E-state index in [1.165, 1.54) is 0 Å². The summed E-state index contributed by atoms with van der Waals surface area (Å²) in [5, 5.41) is 0. The molecule has 0 aliphatic heterocycles. The minimum atomic E-state index is 0.0344. The predicted octanol–water partition coefficient (Wildman–Crippen LogP) is 2.10. The van der Waals surface area contributed by atoms with Crippen molar-refractivity contribution in [1.29, 1.82) is 0 Å². The summed E-state index contributed by atoms with van der Waals surface area (Å²) in [6, 6.07) is 1.80. The Kier molecular flexibility index (Phi) is 5.22. The number of rotatable bonds is 6. The molecule has 96 valence electrons.